The number of anilines is 1. The lowest BCUT2D eigenvalue weighted by atomic mass is 10.1. The highest BCUT2D eigenvalue weighted by atomic mass is 16.5. The van der Waals surface area contributed by atoms with Crippen molar-refractivity contribution in [2.24, 2.45) is 0 Å². The minimum absolute atomic E-state index is 0.0570. The number of aryl methyl sites for hydroxylation is 1. The predicted octanol–water partition coefficient (Wildman–Crippen LogP) is 1.92. The second kappa shape index (κ2) is 6.32. The minimum atomic E-state index is -0.647. The Balaban J connectivity index is 2.11. The molecule has 0 saturated heterocycles. The molecule has 1 heterocycles. The van der Waals surface area contributed by atoms with Gasteiger partial charge in [-0.1, -0.05) is 6.07 Å². The van der Waals surface area contributed by atoms with E-state index in [-0.39, 0.29) is 28.9 Å². The summed E-state index contributed by atoms with van der Waals surface area (Å²) < 4.78 is 6.29. The topological polar surface area (TPSA) is 110 Å². The van der Waals surface area contributed by atoms with Crippen LogP contribution in [-0.4, -0.2) is 29.6 Å². The van der Waals surface area contributed by atoms with Crippen LogP contribution in [0.5, 0.6) is 0 Å². The van der Waals surface area contributed by atoms with Crippen LogP contribution in [0.4, 0.5) is 5.69 Å². The van der Waals surface area contributed by atoms with Crippen LogP contribution < -0.4 is 11.1 Å². The van der Waals surface area contributed by atoms with Crippen molar-refractivity contribution < 1.29 is 14.3 Å². The number of carbonyl (C=O) groups is 2. The monoisotopic (exact) mass is 338 g/mol. The van der Waals surface area contributed by atoms with E-state index in [1.54, 1.807) is 18.2 Å². The van der Waals surface area contributed by atoms with Crippen LogP contribution in [-0.2, 0) is 4.74 Å². The molecule has 0 atom stereocenters. The molecule has 1 aromatic carbocycles. The third-order valence-electron chi connectivity index (χ3n) is 4.19. The summed E-state index contributed by atoms with van der Waals surface area (Å²) in [5.41, 5.74) is 8.13. The van der Waals surface area contributed by atoms with Crippen LogP contribution in [0.25, 0.3) is 5.69 Å². The predicted molar refractivity (Wildman–Crippen MR) is 91.5 cm³/mol. The highest BCUT2D eigenvalue weighted by Crippen LogP contribution is 2.27. The Labute approximate surface area is 145 Å². The maximum Gasteiger partial charge on any atom is 0.357 e. The van der Waals surface area contributed by atoms with Crippen molar-refractivity contribution >= 4 is 17.6 Å². The van der Waals surface area contributed by atoms with Crippen molar-refractivity contribution in [1.82, 2.24) is 9.88 Å². The molecular formula is C18H18N4O3. The number of nitrogens with one attached hydrogen (secondary N) is 1. The van der Waals surface area contributed by atoms with E-state index < -0.39 is 5.97 Å². The van der Waals surface area contributed by atoms with E-state index in [0.29, 0.717) is 11.3 Å². The number of esters is 1. The van der Waals surface area contributed by atoms with Crippen LogP contribution in [0.1, 0.15) is 44.8 Å². The van der Waals surface area contributed by atoms with Gasteiger partial charge >= 0.3 is 5.97 Å². The first-order valence-electron chi connectivity index (χ1n) is 7.87. The number of nitrogens with two attached hydrogens (primary N) is 1. The molecule has 7 nitrogen and oxygen atoms in total. The third kappa shape index (κ3) is 3.06. The zero-order valence-electron chi connectivity index (χ0n) is 14.0. The number of benzene rings is 1. The molecular weight excluding hydrogens is 320 g/mol. The van der Waals surface area contributed by atoms with Crippen molar-refractivity contribution in [2.45, 2.75) is 25.8 Å². The minimum Gasteiger partial charge on any atom is -0.464 e. The first kappa shape index (κ1) is 16.6. The quantitative estimate of drug-likeness (QED) is 0.828. The van der Waals surface area contributed by atoms with Crippen molar-refractivity contribution in [3.63, 3.8) is 0 Å². The Morgan fingerprint density at radius 1 is 1.40 bits per heavy atom. The van der Waals surface area contributed by atoms with Gasteiger partial charge in [0.25, 0.3) is 5.91 Å². The zero-order valence-corrected chi connectivity index (χ0v) is 14.0. The van der Waals surface area contributed by atoms with E-state index in [0.717, 1.165) is 18.4 Å². The summed E-state index contributed by atoms with van der Waals surface area (Å²) in [6, 6.07) is 7.41. The molecule has 1 amide bonds. The number of methoxy groups -OCH3 is 1. The van der Waals surface area contributed by atoms with Gasteiger partial charge in [0.05, 0.1) is 18.4 Å². The number of carbonyl (C=O) groups excluding carboxylic acids is 2. The maximum absolute atomic E-state index is 12.3. The number of ether oxygens (including phenoxy) is 1. The summed E-state index contributed by atoms with van der Waals surface area (Å²) in [4.78, 5) is 24.4. The third-order valence-corrected chi connectivity index (χ3v) is 4.19. The van der Waals surface area contributed by atoms with E-state index in [9.17, 15) is 14.9 Å². The van der Waals surface area contributed by atoms with Crippen molar-refractivity contribution in [2.75, 3.05) is 12.8 Å². The van der Waals surface area contributed by atoms with E-state index in [4.69, 9.17) is 10.5 Å². The largest absolute Gasteiger partial charge is 0.464 e. The molecule has 1 saturated carbocycles. The number of nitriles is 1. The number of nitrogen functional groups attached to an aromatic ring is 1. The lowest BCUT2D eigenvalue weighted by molar-refractivity contribution is 0.0593. The number of hydrogen-bond acceptors (Lipinski definition) is 5. The molecule has 1 aromatic heterocycles. The van der Waals surface area contributed by atoms with Crippen molar-refractivity contribution in [3.8, 4) is 11.8 Å². The highest BCUT2D eigenvalue weighted by Gasteiger charge is 2.25. The fourth-order valence-electron chi connectivity index (χ4n) is 2.61. The molecule has 3 rings (SSSR count). The highest BCUT2D eigenvalue weighted by molar-refractivity contribution is 5.97. The van der Waals surface area contributed by atoms with Gasteiger partial charge in [-0.3, -0.25) is 4.79 Å². The molecule has 3 N–H and O–H groups in total. The molecule has 0 aliphatic heterocycles. The second-order valence-corrected chi connectivity index (χ2v) is 6.03. The zero-order chi connectivity index (χ0) is 18.1. The van der Waals surface area contributed by atoms with Gasteiger partial charge in [-0.05, 0) is 37.5 Å². The van der Waals surface area contributed by atoms with Crippen LogP contribution in [0.15, 0.2) is 24.4 Å². The first-order valence-corrected chi connectivity index (χ1v) is 7.87. The smallest absolute Gasteiger partial charge is 0.357 e. The standard InChI is InChI=1S/C18H18N4O3/c1-10-3-4-11(17(23)21-13-5-6-13)7-14(10)22-9-12(8-19)15(20)16(22)18(24)25-2/h3-4,7,9,13H,5-6,20H2,1-2H3,(H,21,23). The molecule has 1 fully saturated rings. The van der Waals surface area contributed by atoms with E-state index >= 15 is 0 Å². The summed E-state index contributed by atoms with van der Waals surface area (Å²) in [6.45, 7) is 1.85. The maximum atomic E-state index is 12.3. The van der Waals surface area contributed by atoms with Gasteiger partial charge in [0.15, 0.2) is 5.69 Å². The Morgan fingerprint density at radius 3 is 2.72 bits per heavy atom. The Kier molecular flexibility index (Phi) is 4.19. The molecule has 0 bridgehead atoms. The first-order chi connectivity index (χ1) is 12.0. The molecule has 0 unspecified atom stereocenters. The average Bonchev–Trinajstić information content (AvgIpc) is 3.35. The SMILES string of the molecule is COC(=O)c1c(N)c(C#N)cn1-c1cc(C(=O)NC2CC2)ccc1C. The Bertz CT molecular complexity index is 904. The molecule has 128 valence electrons. The lowest BCUT2D eigenvalue weighted by Crippen LogP contribution is -2.25. The van der Waals surface area contributed by atoms with Crippen LogP contribution >= 0.6 is 0 Å². The van der Waals surface area contributed by atoms with Crippen molar-refractivity contribution in [1.29, 1.82) is 5.26 Å². The number of hydrogen-bond donors (Lipinski definition) is 2. The Morgan fingerprint density at radius 2 is 2.12 bits per heavy atom. The summed E-state index contributed by atoms with van der Waals surface area (Å²) >= 11 is 0. The van der Waals surface area contributed by atoms with Crippen LogP contribution in [0.2, 0.25) is 0 Å². The lowest BCUT2D eigenvalue weighted by Gasteiger charge is -2.13. The van der Waals surface area contributed by atoms with Crippen LogP contribution in [0, 0.1) is 18.3 Å². The number of aromatic nitrogens is 1. The number of nitrogens with zero attached hydrogens (tertiary/aromatic N) is 2. The fraction of sp³-hybridized carbons (Fsp3) is 0.278. The summed E-state index contributed by atoms with van der Waals surface area (Å²) in [7, 11) is 1.25. The van der Waals surface area contributed by atoms with Gasteiger partial charge < -0.3 is 20.4 Å². The van der Waals surface area contributed by atoms with E-state index in [2.05, 4.69) is 5.32 Å². The molecule has 25 heavy (non-hydrogen) atoms. The number of amides is 1. The van der Waals surface area contributed by atoms with Gasteiger partial charge in [0, 0.05) is 23.5 Å². The van der Waals surface area contributed by atoms with E-state index in [1.807, 2.05) is 13.0 Å². The average molecular weight is 338 g/mol. The summed E-state index contributed by atoms with van der Waals surface area (Å²) in [6.07, 6.45) is 3.47. The van der Waals surface area contributed by atoms with Gasteiger partial charge in [0.2, 0.25) is 0 Å². The Hall–Kier alpha value is -3.27. The molecule has 0 spiro atoms. The summed E-state index contributed by atoms with van der Waals surface area (Å²) in [5.74, 6) is -0.810. The van der Waals surface area contributed by atoms with E-state index in [1.165, 1.54) is 17.9 Å². The van der Waals surface area contributed by atoms with Gasteiger partial charge in [-0.15, -0.1) is 0 Å². The molecule has 2 aromatic rings. The van der Waals surface area contributed by atoms with Crippen LogP contribution in [0.3, 0.4) is 0 Å². The normalized spacial score (nSPS) is 13.2. The summed E-state index contributed by atoms with van der Waals surface area (Å²) in [5, 5.41) is 12.1. The molecule has 0 radical (unpaired) electrons. The molecule has 1 aliphatic carbocycles. The van der Waals surface area contributed by atoms with Gasteiger partial charge in [-0.25, -0.2) is 4.79 Å². The number of rotatable bonds is 4. The molecule has 7 heteroatoms. The van der Waals surface area contributed by atoms with Gasteiger partial charge in [0.1, 0.15) is 6.07 Å². The fourth-order valence-corrected chi connectivity index (χ4v) is 2.61. The van der Waals surface area contributed by atoms with Gasteiger partial charge in [-0.2, -0.15) is 5.26 Å². The second-order valence-electron chi connectivity index (χ2n) is 6.03. The molecule has 1 aliphatic rings. The van der Waals surface area contributed by atoms with Crippen molar-refractivity contribution in [3.05, 3.63) is 46.8 Å².